The highest BCUT2D eigenvalue weighted by Crippen LogP contribution is 2.76. The summed E-state index contributed by atoms with van der Waals surface area (Å²) < 4.78 is 84.5. The summed E-state index contributed by atoms with van der Waals surface area (Å²) in [5.41, 5.74) is -5.07. The summed E-state index contributed by atoms with van der Waals surface area (Å²) in [6.45, 7) is 20.1. The molecular formula is C82H132O38. The number of esters is 3. The topological polar surface area (TPSA) is 599 Å². The van der Waals surface area contributed by atoms with Gasteiger partial charge in [0.05, 0.1) is 80.8 Å². The van der Waals surface area contributed by atoms with Crippen LogP contribution < -0.4 is 0 Å². The Hall–Kier alpha value is -3.87. The molecule has 0 radical (unpaired) electrons. The van der Waals surface area contributed by atoms with Crippen LogP contribution in [0.4, 0.5) is 0 Å². The lowest BCUT2D eigenvalue weighted by molar-refractivity contribution is -0.391. The quantitative estimate of drug-likeness (QED) is 0.0115. The minimum Gasteiger partial charge on any atom is -0.479 e. The van der Waals surface area contributed by atoms with Gasteiger partial charge >= 0.3 is 23.9 Å². The Morgan fingerprint density at radius 1 is 0.542 bits per heavy atom. The molecule has 38 nitrogen and oxygen atoms in total. The number of allylic oxidation sites excluding steroid dienone is 2. The fraction of sp³-hybridized carbons (Fsp3) is 0.915. The Labute approximate surface area is 696 Å². The maximum Gasteiger partial charge on any atom is 0.335 e. The zero-order valence-electron chi connectivity index (χ0n) is 70.2. The number of carbonyl (C=O) groups is 5. The van der Waals surface area contributed by atoms with Crippen LogP contribution in [0.5, 0.6) is 0 Å². The number of rotatable bonds is 30. The van der Waals surface area contributed by atoms with Gasteiger partial charge in [0.2, 0.25) is 6.29 Å². The van der Waals surface area contributed by atoms with Crippen LogP contribution in [0.3, 0.4) is 0 Å². The summed E-state index contributed by atoms with van der Waals surface area (Å²) in [6, 6.07) is 0. The Kier molecular flexibility index (Phi) is 30.8. The number of carboxylic acid groups (broad SMARTS) is 1. The van der Waals surface area contributed by atoms with Crippen molar-refractivity contribution in [3.8, 4) is 0 Å². The summed E-state index contributed by atoms with van der Waals surface area (Å²) in [6.07, 6.45) is -52.7. The van der Waals surface area contributed by atoms with Crippen molar-refractivity contribution >= 4 is 30.2 Å². The van der Waals surface area contributed by atoms with Crippen molar-refractivity contribution in [2.75, 3.05) is 19.8 Å². The number of carbonyl (C=O) groups excluding carboxylic acids is 4. The van der Waals surface area contributed by atoms with Crippen LogP contribution in [-0.4, -0.2) is 356 Å². The van der Waals surface area contributed by atoms with Crippen molar-refractivity contribution in [3.05, 3.63) is 11.6 Å². The third-order valence-corrected chi connectivity index (χ3v) is 29.7. The maximum atomic E-state index is 16.0. The first-order chi connectivity index (χ1) is 56.2. The Morgan fingerprint density at radius 3 is 1.73 bits per heavy atom. The predicted molar refractivity (Wildman–Crippen MR) is 405 cm³/mol. The van der Waals surface area contributed by atoms with Gasteiger partial charge in [0.25, 0.3) is 0 Å². The van der Waals surface area contributed by atoms with E-state index in [9.17, 15) is 116 Å². The van der Waals surface area contributed by atoms with Gasteiger partial charge in [-0.15, -0.1) is 0 Å². The van der Waals surface area contributed by atoms with E-state index in [0.717, 1.165) is 11.9 Å². The number of aliphatic hydroxyl groups excluding tert-OH is 18. The standard InChI is InChI=1S/C82H132O38/c1-13-33(3)42(110-50(90)25-38(87)24-43(34(4)14-2)111-72-59(99)55(95)45(30-84)112-72)23-37(86)26-51(91)115-64-36(6)109-74(67(62(64)102)118-71-60(100)56(96)52(92)35(5)108-71)120-76(106)82-22-21-77(7,8)27-40(82)39-15-16-47-78(9)19-18-49(79(10,32-85)46(78)17-20-80(47,11)81(39,12)28-48(82)89)114-75-68(119-73-61(101)57(97)54(94)44(29-83)113-73)65(63(103)66(117-75)69(104)105)116-70-58(98)53(93)41(88)31-107-70/h15,32-38,40-49,52-68,70-75,83-84,86-89,92-103H,13-14,16-31H2,1-12H3,(H,104,105)/t33-,34-,35-,36-,37?,38?,40-,41+,42?,43?,44+,45-,46?,47?,48+,49-,52-,53-,54-,55-,56+,57-,58+,59+,60+,61+,62+,63-,64+,65-,66-,67-,68+,70+,71-,72+,73-,74+,75?,78-,79-,80+,81+,82+/m0/s1. The highest BCUT2D eigenvalue weighted by Gasteiger charge is 2.73. The molecule has 6 saturated heterocycles. The second-order valence-electron chi connectivity index (χ2n) is 37.7. The molecule has 44 atom stereocenters. The fourth-order valence-corrected chi connectivity index (χ4v) is 21.7. The van der Waals surface area contributed by atoms with Crippen LogP contribution in [0.25, 0.3) is 0 Å². The highest BCUT2D eigenvalue weighted by atomic mass is 16.8. The molecule has 120 heavy (non-hydrogen) atoms. The SMILES string of the molecule is CC[C@H](C)C(CC(O)CC(=O)O[C@H]1[C@@H](O)[C@H](O[C@@H]2O[C@@H](C)[C@H](O)[C@@H](O)[C@H]2O)[C@@H](OC(=O)[C@]23CCC(C)(C)C[C@H]2C2=CCC4[C@@]5(C)CC[C@H](OC6O[C@H](C(=O)O)[C@@H](O)[C@H](O[C@H]7OC[C@@H](O)[C@H](O)[C@H]7O)[C@H]6O[C@@H]6O[C@H](CO)[C@H](O)[C@H](O)[C@H]6O)[C@@](C)(C=O)C5CC[C@@]4(C)[C@]2(C)C[C@H]3O)O[C@H]1C)OC(=O)CC(O)CC(O[C@@H]1O[C@@H](CO)[C@H](O)[C@H]1O)[C@@H](C)CC. The van der Waals surface area contributed by atoms with E-state index in [1.54, 1.807) is 13.8 Å². The maximum absolute atomic E-state index is 16.0. The lowest BCUT2D eigenvalue weighted by Crippen LogP contribution is -2.69. The molecule has 0 spiro atoms. The van der Waals surface area contributed by atoms with Crippen LogP contribution in [0.15, 0.2) is 11.6 Å². The lowest BCUT2D eigenvalue weighted by atomic mass is 9.33. The van der Waals surface area contributed by atoms with Gasteiger partial charge in [-0.3, -0.25) is 14.4 Å². The van der Waals surface area contributed by atoms with Crippen LogP contribution >= 0.6 is 0 Å². The van der Waals surface area contributed by atoms with E-state index in [2.05, 4.69) is 40.7 Å². The molecule has 6 aliphatic heterocycles. The molecule has 0 aromatic rings. The minimum atomic E-state index is -2.24. The van der Waals surface area contributed by atoms with E-state index in [0.29, 0.717) is 51.4 Å². The monoisotopic (exact) mass is 1720 g/mol. The minimum absolute atomic E-state index is 0.00483. The molecule has 7 unspecified atom stereocenters. The molecule has 38 heteroatoms. The van der Waals surface area contributed by atoms with Crippen LogP contribution in [0.1, 0.15) is 179 Å². The van der Waals surface area contributed by atoms with E-state index in [1.807, 2.05) is 20.8 Å². The third kappa shape index (κ3) is 18.5. The number of hydrogen-bond acceptors (Lipinski definition) is 37. The molecule has 11 rings (SSSR count). The van der Waals surface area contributed by atoms with Gasteiger partial charge < -0.3 is 168 Å². The first-order valence-electron chi connectivity index (χ1n) is 42.5. The Bertz CT molecular complexity index is 3500. The number of aldehydes is 1. The van der Waals surface area contributed by atoms with Gasteiger partial charge in [-0.1, -0.05) is 93.7 Å². The van der Waals surface area contributed by atoms with Gasteiger partial charge in [0.1, 0.15) is 122 Å². The molecule has 0 aromatic carbocycles. The Balaban J connectivity index is 0.813. The highest BCUT2D eigenvalue weighted by molar-refractivity contribution is 5.80. The molecule has 11 aliphatic rings. The lowest BCUT2D eigenvalue weighted by Gasteiger charge is -2.71. The van der Waals surface area contributed by atoms with Crippen LogP contribution in [0, 0.1) is 62.1 Å². The molecule has 5 aliphatic carbocycles. The number of aliphatic carboxylic acids is 1. The molecule has 688 valence electrons. The van der Waals surface area contributed by atoms with Crippen molar-refractivity contribution in [2.45, 2.75) is 388 Å². The predicted octanol–water partition coefficient (Wildman–Crippen LogP) is -2.61. The second kappa shape index (κ2) is 38.2. The van der Waals surface area contributed by atoms with Gasteiger partial charge in [0.15, 0.2) is 49.8 Å². The zero-order valence-corrected chi connectivity index (χ0v) is 70.2. The average molecular weight is 1730 g/mol. The molecule has 10 fully saturated rings. The molecule has 0 aromatic heterocycles. The van der Waals surface area contributed by atoms with Gasteiger partial charge in [-0.05, 0) is 123 Å². The van der Waals surface area contributed by atoms with Gasteiger partial charge in [0, 0.05) is 12.8 Å². The second-order valence-corrected chi connectivity index (χ2v) is 37.7. The van der Waals surface area contributed by atoms with E-state index in [-0.39, 0.29) is 43.9 Å². The fourth-order valence-electron chi connectivity index (χ4n) is 21.7. The average Bonchev–Trinajstić information content (AvgIpc) is 0.676. The first kappa shape index (κ1) is 96.8. The number of ether oxygens (including phenoxy) is 14. The number of fused-ring (bicyclic) bond motifs is 7. The van der Waals surface area contributed by atoms with Gasteiger partial charge in [-0.25, -0.2) is 4.79 Å². The van der Waals surface area contributed by atoms with E-state index in [4.69, 9.17) is 66.3 Å². The van der Waals surface area contributed by atoms with Crippen LogP contribution in [0.2, 0.25) is 0 Å². The van der Waals surface area contributed by atoms with Crippen molar-refractivity contribution in [1.82, 2.24) is 0 Å². The smallest absolute Gasteiger partial charge is 0.335 e. The number of hydrogen-bond donors (Lipinski definition) is 19. The summed E-state index contributed by atoms with van der Waals surface area (Å²) >= 11 is 0. The number of aliphatic hydroxyl groups is 18. The summed E-state index contributed by atoms with van der Waals surface area (Å²) in [5.74, 6) is -6.77. The summed E-state index contributed by atoms with van der Waals surface area (Å²) in [7, 11) is 0. The molecule has 4 saturated carbocycles. The molecule has 19 N–H and O–H groups in total. The third-order valence-electron chi connectivity index (χ3n) is 29.7. The van der Waals surface area contributed by atoms with Gasteiger partial charge in [-0.2, -0.15) is 0 Å². The van der Waals surface area contributed by atoms with Crippen molar-refractivity contribution in [3.63, 3.8) is 0 Å². The first-order valence-corrected chi connectivity index (χ1v) is 42.5. The summed E-state index contributed by atoms with van der Waals surface area (Å²) in [4.78, 5) is 71.1. The van der Waals surface area contributed by atoms with Crippen molar-refractivity contribution in [2.24, 2.45) is 62.1 Å². The van der Waals surface area contributed by atoms with Crippen molar-refractivity contribution in [1.29, 1.82) is 0 Å². The molecule has 0 bridgehead atoms. The van der Waals surface area contributed by atoms with E-state index < -0.39 is 315 Å². The van der Waals surface area contributed by atoms with E-state index >= 15 is 4.79 Å². The molecule has 6 heterocycles. The zero-order chi connectivity index (χ0) is 88.4. The molecular weight excluding hydrogens is 1590 g/mol. The normalized spacial score (nSPS) is 47.9. The van der Waals surface area contributed by atoms with Crippen LogP contribution in [-0.2, 0) is 90.3 Å². The largest absolute Gasteiger partial charge is 0.479 e. The molecule has 0 amide bonds. The van der Waals surface area contributed by atoms with E-state index in [1.165, 1.54) is 13.8 Å². The van der Waals surface area contributed by atoms with Crippen molar-refractivity contribution < 1.29 is 187 Å². The number of carboxylic acids is 1. The summed E-state index contributed by atoms with van der Waals surface area (Å²) in [5, 5.41) is 210. The Morgan fingerprint density at radius 2 is 1.10 bits per heavy atom.